The summed E-state index contributed by atoms with van der Waals surface area (Å²) in [6, 6.07) is 1.25. The third kappa shape index (κ3) is 3.56. The van der Waals surface area contributed by atoms with E-state index in [0.717, 1.165) is 12.8 Å². The lowest BCUT2D eigenvalue weighted by Crippen LogP contribution is -2.51. The minimum Gasteiger partial charge on any atom is -0.356 e. The van der Waals surface area contributed by atoms with Crippen LogP contribution in [0, 0.1) is 5.92 Å². The molecule has 0 aromatic heterocycles. The van der Waals surface area contributed by atoms with Gasteiger partial charge in [0.05, 0.1) is 0 Å². The molecule has 0 amide bonds. The number of carbonyl (C=O) groups excluding carboxylic acids is 1. The summed E-state index contributed by atoms with van der Waals surface area (Å²) in [5.41, 5.74) is 0. The van der Waals surface area contributed by atoms with E-state index in [1.165, 1.54) is 19.3 Å². The Hall–Kier alpha value is -0.450. The summed E-state index contributed by atoms with van der Waals surface area (Å²) in [7, 11) is 5.47. The molecule has 2 saturated heterocycles. The highest BCUT2D eigenvalue weighted by Crippen LogP contribution is 2.36. The maximum absolute atomic E-state index is 12.3. The molecule has 2 unspecified atom stereocenters. The highest BCUT2D eigenvalue weighted by Gasteiger charge is 2.38. The number of carbonyl (C=O) groups is 1. The third-order valence-electron chi connectivity index (χ3n) is 4.95. The van der Waals surface area contributed by atoms with E-state index in [2.05, 4.69) is 11.9 Å². The molecule has 0 aromatic rings. The lowest BCUT2D eigenvalue weighted by molar-refractivity contribution is -0.133. The maximum atomic E-state index is 12.3. The van der Waals surface area contributed by atoms with Crippen LogP contribution < -0.4 is 0 Å². The average molecular weight is 269 g/mol. The minimum absolute atomic E-state index is 0.241. The fourth-order valence-corrected chi connectivity index (χ4v) is 3.67. The fraction of sp³-hybridized carbons (Fsp3) is 0.933. The predicted molar refractivity (Wildman–Crippen MR) is 74.0 cm³/mol. The number of rotatable bonds is 6. The van der Waals surface area contributed by atoms with Crippen molar-refractivity contribution in [1.29, 1.82) is 0 Å². The molecule has 4 nitrogen and oxygen atoms in total. The van der Waals surface area contributed by atoms with Crippen molar-refractivity contribution < 1.29 is 14.3 Å². The number of nitrogens with zero attached hydrogens (tertiary/aromatic N) is 1. The molecule has 0 aliphatic carbocycles. The molecule has 2 aliphatic heterocycles. The van der Waals surface area contributed by atoms with Crippen molar-refractivity contribution in [3.63, 3.8) is 0 Å². The molecule has 2 bridgehead atoms. The summed E-state index contributed by atoms with van der Waals surface area (Å²) in [5, 5.41) is 0. The van der Waals surface area contributed by atoms with Gasteiger partial charge in [0.1, 0.15) is 5.78 Å². The number of fused-ring (bicyclic) bond motifs is 2. The molecule has 19 heavy (non-hydrogen) atoms. The Kier molecular flexibility index (Phi) is 5.37. The van der Waals surface area contributed by atoms with Crippen LogP contribution in [0.5, 0.6) is 0 Å². The number of ketones is 1. The summed E-state index contributed by atoms with van der Waals surface area (Å²) in [4.78, 5) is 14.8. The van der Waals surface area contributed by atoms with Gasteiger partial charge in [0, 0.05) is 45.1 Å². The molecule has 2 fully saturated rings. The SMILES string of the molecule is COC(CCC(=O)C1CC2CCCC(C1)N2C)OC. The molecule has 2 heterocycles. The average Bonchev–Trinajstić information content (AvgIpc) is 2.39. The van der Waals surface area contributed by atoms with Gasteiger partial charge in [-0.3, -0.25) is 4.79 Å². The van der Waals surface area contributed by atoms with E-state index in [4.69, 9.17) is 9.47 Å². The van der Waals surface area contributed by atoms with Crippen LogP contribution in [-0.2, 0) is 14.3 Å². The number of ether oxygens (including phenoxy) is 2. The first-order chi connectivity index (χ1) is 9.15. The topological polar surface area (TPSA) is 38.8 Å². The quantitative estimate of drug-likeness (QED) is 0.693. The number of methoxy groups -OCH3 is 2. The second kappa shape index (κ2) is 6.82. The molecular formula is C15H27NO3. The van der Waals surface area contributed by atoms with Crippen LogP contribution in [0.15, 0.2) is 0 Å². The van der Waals surface area contributed by atoms with Crippen molar-refractivity contribution in [3.05, 3.63) is 0 Å². The smallest absolute Gasteiger partial charge is 0.157 e. The fourth-order valence-electron chi connectivity index (χ4n) is 3.67. The molecule has 0 aromatic carbocycles. The summed E-state index contributed by atoms with van der Waals surface area (Å²) in [6.45, 7) is 0. The molecular weight excluding hydrogens is 242 g/mol. The van der Waals surface area contributed by atoms with Gasteiger partial charge in [-0.1, -0.05) is 6.42 Å². The van der Waals surface area contributed by atoms with Crippen molar-refractivity contribution >= 4 is 5.78 Å². The Bertz CT molecular complexity index is 290. The van der Waals surface area contributed by atoms with Crippen LogP contribution in [-0.4, -0.2) is 50.3 Å². The standard InChI is InChI=1S/C15H27NO3/c1-16-12-5-4-6-13(16)10-11(9-12)14(17)7-8-15(18-2)19-3/h11-13,15H,4-10H2,1-3H3. The molecule has 2 atom stereocenters. The lowest BCUT2D eigenvalue weighted by atomic mass is 9.76. The van der Waals surface area contributed by atoms with Crippen LogP contribution in [0.1, 0.15) is 44.9 Å². The first-order valence-electron chi connectivity index (χ1n) is 7.46. The van der Waals surface area contributed by atoms with Gasteiger partial charge in [-0.15, -0.1) is 0 Å². The number of hydrogen-bond acceptors (Lipinski definition) is 4. The molecule has 0 N–H and O–H groups in total. The van der Waals surface area contributed by atoms with Crippen LogP contribution in [0.4, 0.5) is 0 Å². The van der Waals surface area contributed by atoms with Gasteiger partial charge in [0.25, 0.3) is 0 Å². The van der Waals surface area contributed by atoms with E-state index >= 15 is 0 Å². The monoisotopic (exact) mass is 269 g/mol. The summed E-state index contributed by atoms with van der Waals surface area (Å²) >= 11 is 0. The Labute approximate surface area is 116 Å². The molecule has 2 rings (SSSR count). The van der Waals surface area contributed by atoms with Gasteiger partial charge in [-0.25, -0.2) is 0 Å². The van der Waals surface area contributed by atoms with E-state index in [1.807, 2.05) is 0 Å². The Morgan fingerprint density at radius 1 is 1.21 bits per heavy atom. The summed E-state index contributed by atoms with van der Waals surface area (Å²) in [6.07, 6.45) is 6.97. The van der Waals surface area contributed by atoms with Gasteiger partial charge in [0.15, 0.2) is 6.29 Å². The molecule has 0 saturated carbocycles. The van der Waals surface area contributed by atoms with Crippen LogP contribution in [0.3, 0.4) is 0 Å². The minimum atomic E-state index is -0.241. The number of Topliss-reactive ketones (excluding diaryl/α,β-unsaturated/α-hetero) is 1. The largest absolute Gasteiger partial charge is 0.356 e. The zero-order valence-electron chi connectivity index (χ0n) is 12.4. The summed E-state index contributed by atoms with van der Waals surface area (Å²) < 4.78 is 10.3. The van der Waals surface area contributed by atoms with Crippen LogP contribution in [0.2, 0.25) is 0 Å². The van der Waals surface area contributed by atoms with Crippen LogP contribution >= 0.6 is 0 Å². The second-order valence-electron chi connectivity index (χ2n) is 5.98. The first-order valence-corrected chi connectivity index (χ1v) is 7.46. The molecule has 2 aliphatic rings. The van der Waals surface area contributed by atoms with E-state index in [9.17, 15) is 4.79 Å². The van der Waals surface area contributed by atoms with Gasteiger partial charge in [-0.2, -0.15) is 0 Å². The Balaban J connectivity index is 1.83. The lowest BCUT2D eigenvalue weighted by Gasteiger charge is -2.46. The van der Waals surface area contributed by atoms with Crippen molar-refractivity contribution in [2.45, 2.75) is 63.3 Å². The van der Waals surface area contributed by atoms with E-state index in [-0.39, 0.29) is 12.2 Å². The second-order valence-corrected chi connectivity index (χ2v) is 5.98. The van der Waals surface area contributed by atoms with Crippen molar-refractivity contribution in [2.24, 2.45) is 5.92 Å². The zero-order valence-corrected chi connectivity index (χ0v) is 12.4. The highest BCUT2D eigenvalue weighted by molar-refractivity contribution is 5.81. The van der Waals surface area contributed by atoms with E-state index in [1.54, 1.807) is 14.2 Å². The van der Waals surface area contributed by atoms with E-state index < -0.39 is 0 Å². The van der Waals surface area contributed by atoms with Gasteiger partial charge in [-0.05, 0) is 32.7 Å². The molecule has 4 heteroatoms. The van der Waals surface area contributed by atoms with E-state index in [0.29, 0.717) is 30.7 Å². The summed E-state index contributed by atoms with van der Waals surface area (Å²) in [5.74, 6) is 0.671. The van der Waals surface area contributed by atoms with Crippen molar-refractivity contribution in [1.82, 2.24) is 4.90 Å². The molecule has 110 valence electrons. The maximum Gasteiger partial charge on any atom is 0.157 e. The van der Waals surface area contributed by atoms with Gasteiger partial charge in [0.2, 0.25) is 0 Å². The molecule has 0 spiro atoms. The predicted octanol–water partition coefficient (Wildman–Crippen LogP) is 2.22. The number of piperidine rings is 2. The van der Waals surface area contributed by atoms with Gasteiger partial charge < -0.3 is 14.4 Å². The normalized spacial score (nSPS) is 31.7. The molecule has 0 radical (unpaired) electrons. The Morgan fingerprint density at radius 3 is 2.32 bits per heavy atom. The van der Waals surface area contributed by atoms with Crippen LogP contribution in [0.25, 0.3) is 0 Å². The van der Waals surface area contributed by atoms with Crippen molar-refractivity contribution in [2.75, 3.05) is 21.3 Å². The Morgan fingerprint density at radius 2 is 1.79 bits per heavy atom. The third-order valence-corrected chi connectivity index (χ3v) is 4.95. The number of hydrogen-bond donors (Lipinski definition) is 0. The van der Waals surface area contributed by atoms with Crippen molar-refractivity contribution in [3.8, 4) is 0 Å². The van der Waals surface area contributed by atoms with Gasteiger partial charge >= 0.3 is 0 Å². The zero-order chi connectivity index (χ0) is 13.8. The first kappa shape index (κ1) is 14.9. The highest BCUT2D eigenvalue weighted by atomic mass is 16.7.